The summed E-state index contributed by atoms with van der Waals surface area (Å²) in [6, 6.07) is 0.131. The lowest BCUT2D eigenvalue weighted by atomic mass is 10.0. The number of nitrogens with one attached hydrogen (secondary N) is 1. The van der Waals surface area contributed by atoms with Crippen molar-refractivity contribution in [2.75, 3.05) is 19.6 Å². The number of hydrogen-bond donors (Lipinski definition) is 1. The number of piperidine rings is 1. The highest BCUT2D eigenvalue weighted by atomic mass is 35.5. The fourth-order valence-corrected chi connectivity index (χ4v) is 2.22. The van der Waals surface area contributed by atoms with Gasteiger partial charge in [-0.3, -0.25) is 4.79 Å². The fourth-order valence-electron chi connectivity index (χ4n) is 2.22. The molecule has 2 saturated heterocycles. The highest BCUT2D eigenvalue weighted by Gasteiger charge is 2.26. The molecule has 0 spiro atoms. The van der Waals surface area contributed by atoms with Crippen LogP contribution in [0, 0.1) is 0 Å². The second-order valence-corrected chi connectivity index (χ2v) is 4.03. The summed E-state index contributed by atoms with van der Waals surface area (Å²) in [5.41, 5.74) is 0. The summed E-state index contributed by atoms with van der Waals surface area (Å²) >= 11 is 0. The molecule has 2 aliphatic heterocycles. The number of amides is 1. The van der Waals surface area contributed by atoms with Crippen LogP contribution in [0.25, 0.3) is 0 Å². The van der Waals surface area contributed by atoms with Crippen molar-refractivity contribution in [2.24, 2.45) is 0 Å². The van der Waals surface area contributed by atoms with Crippen molar-refractivity contribution in [3.63, 3.8) is 0 Å². The van der Waals surface area contributed by atoms with E-state index in [0.717, 1.165) is 26.1 Å². The maximum Gasteiger partial charge on any atom is 0.239 e. The second kappa shape index (κ2) is 5.56. The predicted molar refractivity (Wildman–Crippen MR) is 58.7 cm³/mol. The van der Waals surface area contributed by atoms with Gasteiger partial charge in [0.05, 0.1) is 6.04 Å². The lowest BCUT2D eigenvalue weighted by Gasteiger charge is -2.26. The lowest BCUT2D eigenvalue weighted by molar-refractivity contribution is -0.132. The van der Waals surface area contributed by atoms with Crippen molar-refractivity contribution < 1.29 is 4.79 Å². The Hall–Kier alpha value is -0.280. The van der Waals surface area contributed by atoms with E-state index in [0.29, 0.717) is 5.91 Å². The first-order valence-corrected chi connectivity index (χ1v) is 5.40. The van der Waals surface area contributed by atoms with Gasteiger partial charge in [-0.25, -0.2) is 0 Å². The molecule has 2 rings (SSSR count). The normalized spacial score (nSPS) is 27.1. The van der Waals surface area contributed by atoms with Gasteiger partial charge in [-0.05, 0) is 32.2 Å². The third-order valence-corrected chi connectivity index (χ3v) is 3.03. The summed E-state index contributed by atoms with van der Waals surface area (Å²) in [6.07, 6.45) is 5.85. The van der Waals surface area contributed by atoms with Gasteiger partial charge in [0.2, 0.25) is 5.91 Å². The van der Waals surface area contributed by atoms with Gasteiger partial charge in [0.15, 0.2) is 0 Å². The minimum Gasteiger partial charge on any atom is -0.341 e. The van der Waals surface area contributed by atoms with Crippen molar-refractivity contribution in [3.05, 3.63) is 0 Å². The van der Waals surface area contributed by atoms with Crippen molar-refractivity contribution in [1.82, 2.24) is 10.2 Å². The molecule has 0 saturated carbocycles. The van der Waals surface area contributed by atoms with Crippen LogP contribution in [0.5, 0.6) is 0 Å². The highest BCUT2D eigenvalue weighted by Crippen LogP contribution is 2.14. The maximum absolute atomic E-state index is 11.9. The molecule has 2 aliphatic rings. The molecule has 82 valence electrons. The van der Waals surface area contributed by atoms with Gasteiger partial charge < -0.3 is 10.2 Å². The van der Waals surface area contributed by atoms with Gasteiger partial charge in [0, 0.05) is 13.1 Å². The van der Waals surface area contributed by atoms with E-state index >= 15 is 0 Å². The molecule has 0 aromatic carbocycles. The zero-order valence-corrected chi connectivity index (χ0v) is 9.31. The van der Waals surface area contributed by atoms with Crippen LogP contribution in [-0.4, -0.2) is 36.5 Å². The van der Waals surface area contributed by atoms with Crippen LogP contribution >= 0.6 is 12.4 Å². The molecule has 0 bridgehead atoms. The van der Waals surface area contributed by atoms with E-state index in [1.807, 2.05) is 4.90 Å². The molecule has 2 heterocycles. The fraction of sp³-hybridized carbons (Fsp3) is 0.900. The zero-order chi connectivity index (χ0) is 9.10. The first-order chi connectivity index (χ1) is 6.38. The lowest BCUT2D eigenvalue weighted by Crippen LogP contribution is -2.47. The molecule has 0 aromatic heterocycles. The zero-order valence-electron chi connectivity index (χ0n) is 8.50. The first kappa shape index (κ1) is 11.8. The molecule has 14 heavy (non-hydrogen) atoms. The van der Waals surface area contributed by atoms with Crippen molar-refractivity contribution in [2.45, 2.75) is 38.1 Å². The summed E-state index contributed by atoms with van der Waals surface area (Å²) < 4.78 is 0. The summed E-state index contributed by atoms with van der Waals surface area (Å²) in [5, 5.41) is 3.30. The van der Waals surface area contributed by atoms with Gasteiger partial charge in [0.1, 0.15) is 0 Å². The van der Waals surface area contributed by atoms with E-state index in [4.69, 9.17) is 0 Å². The molecule has 1 N–H and O–H groups in total. The monoisotopic (exact) mass is 218 g/mol. The van der Waals surface area contributed by atoms with Crippen LogP contribution < -0.4 is 5.32 Å². The molecule has 1 amide bonds. The molecule has 3 nitrogen and oxygen atoms in total. The maximum atomic E-state index is 11.9. The van der Waals surface area contributed by atoms with E-state index in [-0.39, 0.29) is 18.4 Å². The molecule has 0 unspecified atom stereocenters. The van der Waals surface area contributed by atoms with Gasteiger partial charge in [-0.1, -0.05) is 6.42 Å². The second-order valence-electron chi connectivity index (χ2n) is 4.03. The van der Waals surface area contributed by atoms with Crippen LogP contribution in [0.4, 0.5) is 0 Å². The Kier molecular flexibility index (Phi) is 4.69. The number of carbonyl (C=O) groups excluding carboxylic acids is 1. The Balaban J connectivity index is 0.000000980. The molecule has 1 atom stereocenters. The van der Waals surface area contributed by atoms with Crippen molar-refractivity contribution in [3.8, 4) is 0 Å². The summed E-state index contributed by atoms with van der Waals surface area (Å²) in [6.45, 7) is 2.98. The molecular formula is C10H19ClN2O. The molecule has 4 heteroatoms. The number of carbonyl (C=O) groups is 1. The molecule has 2 fully saturated rings. The average Bonchev–Trinajstić information content (AvgIpc) is 2.71. The standard InChI is InChI=1S/C10H18N2O.ClH/c13-10(12-7-3-4-8-12)9-5-1-2-6-11-9;/h9,11H,1-8H2;1H/t9-;/m1./s1. The number of hydrogen-bond acceptors (Lipinski definition) is 2. The smallest absolute Gasteiger partial charge is 0.239 e. The topological polar surface area (TPSA) is 32.3 Å². The Bertz CT molecular complexity index is 187. The van der Waals surface area contributed by atoms with Crippen LogP contribution in [0.3, 0.4) is 0 Å². The predicted octanol–water partition coefficient (Wildman–Crippen LogP) is 1.17. The summed E-state index contributed by atoms with van der Waals surface area (Å²) in [7, 11) is 0. The summed E-state index contributed by atoms with van der Waals surface area (Å²) in [4.78, 5) is 13.9. The molecule has 0 aromatic rings. The van der Waals surface area contributed by atoms with E-state index in [9.17, 15) is 4.79 Å². The molecular weight excluding hydrogens is 200 g/mol. The number of nitrogens with zero attached hydrogens (tertiary/aromatic N) is 1. The third-order valence-electron chi connectivity index (χ3n) is 3.03. The number of rotatable bonds is 1. The van der Waals surface area contributed by atoms with Gasteiger partial charge in [-0.2, -0.15) is 0 Å². The minimum atomic E-state index is 0. The Morgan fingerprint density at radius 1 is 1.14 bits per heavy atom. The quantitative estimate of drug-likeness (QED) is 0.717. The molecule has 0 aliphatic carbocycles. The van der Waals surface area contributed by atoms with E-state index in [1.54, 1.807) is 0 Å². The van der Waals surface area contributed by atoms with E-state index in [2.05, 4.69) is 5.32 Å². The van der Waals surface area contributed by atoms with E-state index < -0.39 is 0 Å². The Labute approximate surface area is 91.6 Å². The highest BCUT2D eigenvalue weighted by molar-refractivity contribution is 5.85. The SMILES string of the molecule is Cl.O=C([C@H]1CCCCN1)N1CCCC1. The Morgan fingerprint density at radius 3 is 2.43 bits per heavy atom. The largest absolute Gasteiger partial charge is 0.341 e. The van der Waals surface area contributed by atoms with Crippen LogP contribution in [-0.2, 0) is 4.79 Å². The average molecular weight is 219 g/mol. The van der Waals surface area contributed by atoms with E-state index in [1.165, 1.54) is 25.7 Å². The van der Waals surface area contributed by atoms with Gasteiger partial charge in [-0.15, -0.1) is 12.4 Å². The van der Waals surface area contributed by atoms with Crippen LogP contribution in [0.1, 0.15) is 32.1 Å². The van der Waals surface area contributed by atoms with Gasteiger partial charge >= 0.3 is 0 Å². The minimum absolute atomic E-state index is 0. The van der Waals surface area contributed by atoms with Gasteiger partial charge in [0.25, 0.3) is 0 Å². The number of halogens is 1. The van der Waals surface area contributed by atoms with Crippen molar-refractivity contribution >= 4 is 18.3 Å². The third kappa shape index (κ3) is 2.61. The van der Waals surface area contributed by atoms with Crippen LogP contribution in [0.2, 0.25) is 0 Å². The first-order valence-electron chi connectivity index (χ1n) is 5.40. The number of likely N-dealkylation sites (tertiary alicyclic amines) is 1. The summed E-state index contributed by atoms with van der Waals surface area (Å²) in [5.74, 6) is 0.345. The Morgan fingerprint density at radius 2 is 1.86 bits per heavy atom. The van der Waals surface area contributed by atoms with Crippen molar-refractivity contribution in [1.29, 1.82) is 0 Å². The molecule has 0 radical (unpaired) electrons. The van der Waals surface area contributed by atoms with Crippen LogP contribution in [0.15, 0.2) is 0 Å².